The molecule has 0 atom stereocenters. The van der Waals surface area contributed by atoms with Gasteiger partial charge in [-0.15, -0.1) is 0 Å². The summed E-state index contributed by atoms with van der Waals surface area (Å²) in [5.41, 5.74) is 5.10. The summed E-state index contributed by atoms with van der Waals surface area (Å²) in [7, 11) is 3.42. The van der Waals surface area contributed by atoms with Crippen LogP contribution in [0.15, 0.2) is 0 Å². The van der Waals surface area contributed by atoms with E-state index < -0.39 is 0 Å². The summed E-state index contributed by atoms with van der Waals surface area (Å²) >= 11 is 0. The third kappa shape index (κ3) is 3.93. The molecule has 0 aliphatic heterocycles. The van der Waals surface area contributed by atoms with Crippen LogP contribution in [0.4, 0.5) is 0 Å². The largest absolute Gasteiger partial charge is 0.348 e. The number of hydrogen-bond donors (Lipinski definition) is 2. The van der Waals surface area contributed by atoms with Crippen LogP contribution in [0.5, 0.6) is 0 Å². The van der Waals surface area contributed by atoms with Gasteiger partial charge in [-0.2, -0.15) is 0 Å². The molecule has 4 heteroatoms. The van der Waals surface area contributed by atoms with Crippen LogP contribution in [-0.4, -0.2) is 38.1 Å². The van der Waals surface area contributed by atoms with E-state index in [2.05, 4.69) is 5.32 Å². The zero-order chi connectivity index (χ0) is 7.28. The van der Waals surface area contributed by atoms with Crippen molar-refractivity contribution in [2.24, 2.45) is 5.73 Å². The van der Waals surface area contributed by atoms with Crippen LogP contribution in [0.3, 0.4) is 0 Å². The van der Waals surface area contributed by atoms with Gasteiger partial charge >= 0.3 is 0 Å². The quantitative estimate of drug-likeness (QED) is 0.462. The molecule has 0 spiro atoms. The highest BCUT2D eigenvalue weighted by atomic mass is 16.2. The molecule has 0 rings (SSSR count). The molecule has 0 unspecified atom stereocenters. The standard InChI is InChI=1S/C5H13N3O/c1-8(2)5(9)3-7-4-6/h7H,3-4,6H2,1-2H3. The van der Waals surface area contributed by atoms with E-state index in [1.807, 2.05) is 0 Å². The molecular weight excluding hydrogens is 118 g/mol. The molecule has 0 aromatic rings. The Morgan fingerprint density at radius 1 is 1.67 bits per heavy atom. The van der Waals surface area contributed by atoms with Crippen LogP contribution in [0.2, 0.25) is 0 Å². The summed E-state index contributed by atoms with van der Waals surface area (Å²) in [5.74, 6) is 0.0421. The fraction of sp³-hybridized carbons (Fsp3) is 0.800. The van der Waals surface area contributed by atoms with E-state index in [4.69, 9.17) is 5.73 Å². The van der Waals surface area contributed by atoms with E-state index in [-0.39, 0.29) is 5.91 Å². The van der Waals surface area contributed by atoms with Gasteiger partial charge in [0.05, 0.1) is 6.54 Å². The van der Waals surface area contributed by atoms with Gasteiger partial charge in [0.15, 0.2) is 0 Å². The molecule has 9 heavy (non-hydrogen) atoms. The topological polar surface area (TPSA) is 58.4 Å². The molecule has 0 saturated carbocycles. The molecule has 0 fully saturated rings. The van der Waals surface area contributed by atoms with Gasteiger partial charge < -0.3 is 10.6 Å². The molecule has 0 heterocycles. The number of hydrogen-bond acceptors (Lipinski definition) is 3. The van der Waals surface area contributed by atoms with Gasteiger partial charge in [-0.05, 0) is 0 Å². The lowest BCUT2D eigenvalue weighted by molar-refractivity contribution is -0.127. The van der Waals surface area contributed by atoms with E-state index in [0.717, 1.165) is 0 Å². The first-order valence-electron chi connectivity index (χ1n) is 2.79. The van der Waals surface area contributed by atoms with Gasteiger partial charge in [0.25, 0.3) is 0 Å². The number of carbonyl (C=O) groups is 1. The number of carbonyl (C=O) groups excluding carboxylic acids is 1. The molecule has 0 aromatic heterocycles. The third-order valence-corrected chi connectivity index (χ3v) is 0.919. The zero-order valence-corrected chi connectivity index (χ0v) is 5.85. The Morgan fingerprint density at radius 2 is 2.22 bits per heavy atom. The molecule has 0 aromatic carbocycles. The van der Waals surface area contributed by atoms with Crippen molar-refractivity contribution in [1.29, 1.82) is 0 Å². The lowest BCUT2D eigenvalue weighted by Crippen LogP contribution is -2.35. The van der Waals surface area contributed by atoms with Crippen molar-refractivity contribution in [2.45, 2.75) is 0 Å². The number of likely N-dealkylation sites (N-methyl/N-ethyl adjacent to an activating group) is 1. The van der Waals surface area contributed by atoms with Crippen molar-refractivity contribution in [3.8, 4) is 0 Å². The summed E-state index contributed by atoms with van der Waals surface area (Å²) < 4.78 is 0. The Bertz CT molecular complexity index is 92.2. The predicted octanol–water partition coefficient (Wildman–Crippen LogP) is -1.42. The van der Waals surface area contributed by atoms with E-state index in [1.54, 1.807) is 14.1 Å². The first-order chi connectivity index (χ1) is 4.18. The van der Waals surface area contributed by atoms with Crippen LogP contribution in [0.25, 0.3) is 0 Å². The second kappa shape index (κ2) is 4.29. The van der Waals surface area contributed by atoms with Gasteiger partial charge in [-0.1, -0.05) is 0 Å². The fourth-order valence-corrected chi connectivity index (χ4v) is 0.337. The van der Waals surface area contributed by atoms with Crippen LogP contribution in [0.1, 0.15) is 0 Å². The average Bonchev–Trinajstić information content (AvgIpc) is 1.82. The van der Waals surface area contributed by atoms with Gasteiger partial charge in [0.2, 0.25) is 5.91 Å². The van der Waals surface area contributed by atoms with Crippen molar-refractivity contribution >= 4 is 5.91 Å². The summed E-state index contributed by atoms with van der Waals surface area (Å²) in [6.07, 6.45) is 0. The monoisotopic (exact) mass is 131 g/mol. The summed E-state index contributed by atoms with van der Waals surface area (Å²) in [4.78, 5) is 12.2. The molecule has 54 valence electrons. The second-order valence-electron chi connectivity index (χ2n) is 1.92. The Labute approximate surface area is 55.0 Å². The second-order valence-corrected chi connectivity index (χ2v) is 1.92. The minimum Gasteiger partial charge on any atom is -0.348 e. The van der Waals surface area contributed by atoms with Crippen molar-refractivity contribution < 1.29 is 4.79 Å². The maximum atomic E-state index is 10.7. The van der Waals surface area contributed by atoms with Crippen LogP contribution in [0, 0.1) is 0 Å². The Kier molecular flexibility index (Phi) is 4.00. The molecule has 3 N–H and O–H groups in total. The van der Waals surface area contributed by atoms with E-state index >= 15 is 0 Å². The van der Waals surface area contributed by atoms with E-state index in [1.165, 1.54) is 4.90 Å². The van der Waals surface area contributed by atoms with Gasteiger partial charge in [0.1, 0.15) is 0 Å². The van der Waals surface area contributed by atoms with Crippen molar-refractivity contribution in [3.05, 3.63) is 0 Å². The fourth-order valence-electron chi connectivity index (χ4n) is 0.337. The SMILES string of the molecule is CN(C)C(=O)CNCN. The molecule has 0 bridgehead atoms. The molecule has 0 aliphatic rings. The minimum absolute atomic E-state index is 0.0421. The molecule has 4 nitrogen and oxygen atoms in total. The third-order valence-electron chi connectivity index (χ3n) is 0.919. The number of nitrogens with zero attached hydrogens (tertiary/aromatic N) is 1. The maximum absolute atomic E-state index is 10.7. The lowest BCUT2D eigenvalue weighted by Gasteiger charge is -2.09. The summed E-state index contributed by atoms with van der Waals surface area (Å²) in [6, 6.07) is 0. The summed E-state index contributed by atoms with van der Waals surface area (Å²) in [6.45, 7) is 0.670. The Morgan fingerprint density at radius 3 is 2.56 bits per heavy atom. The van der Waals surface area contributed by atoms with Crippen molar-refractivity contribution in [2.75, 3.05) is 27.3 Å². The Hall–Kier alpha value is -0.610. The highest BCUT2D eigenvalue weighted by molar-refractivity contribution is 5.77. The van der Waals surface area contributed by atoms with Gasteiger partial charge in [-0.3, -0.25) is 10.1 Å². The van der Waals surface area contributed by atoms with Crippen LogP contribution < -0.4 is 11.1 Å². The van der Waals surface area contributed by atoms with Crippen molar-refractivity contribution in [1.82, 2.24) is 10.2 Å². The first kappa shape index (κ1) is 8.39. The highest BCUT2D eigenvalue weighted by Crippen LogP contribution is 1.72. The number of rotatable bonds is 3. The van der Waals surface area contributed by atoms with Crippen molar-refractivity contribution in [3.63, 3.8) is 0 Å². The molecular formula is C5H13N3O. The average molecular weight is 131 g/mol. The molecule has 0 radical (unpaired) electrons. The number of nitrogens with one attached hydrogen (secondary N) is 1. The van der Waals surface area contributed by atoms with Gasteiger partial charge in [0, 0.05) is 20.8 Å². The molecule has 0 aliphatic carbocycles. The van der Waals surface area contributed by atoms with E-state index in [0.29, 0.717) is 13.2 Å². The number of nitrogens with two attached hydrogens (primary N) is 1. The predicted molar refractivity (Wildman–Crippen MR) is 35.8 cm³/mol. The van der Waals surface area contributed by atoms with Crippen LogP contribution >= 0.6 is 0 Å². The number of amides is 1. The van der Waals surface area contributed by atoms with E-state index in [9.17, 15) is 4.79 Å². The summed E-state index contributed by atoms with van der Waals surface area (Å²) in [5, 5.41) is 2.72. The zero-order valence-electron chi connectivity index (χ0n) is 5.85. The lowest BCUT2D eigenvalue weighted by atomic mass is 10.5. The maximum Gasteiger partial charge on any atom is 0.236 e. The minimum atomic E-state index is 0.0421. The normalized spacial score (nSPS) is 9.22. The molecule has 0 saturated heterocycles. The molecule has 1 amide bonds. The van der Waals surface area contributed by atoms with Gasteiger partial charge in [-0.25, -0.2) is 0 Å². The highest BCUT2D eigenvalue weighted by Gasteiger charge is 1.99. The Balaban J connectivity index is 3.28. The smallest absolute Gasteiger partial charge is 0.236 e. The first-order valence-corrected chi connectivity index (χ1v) is 2.79. The van der Waals surface area contributed by atoms with Crippen LogP contribution in [-0.2, 0) is 4.79 Å².